The minimum atomic E-state index is -0.736. The van der Waals surface area contributed by atoms with Gasteiger partial charge in [0, 0.05) is 12.0 Å². The number of aliphatic hydroxyl groups excluding tert-OH is 1. The molecule has 2 saturated carbocycles. The van der Waals surface area contributed by atoms with Crippen LogP contribution in [-0.4, -0.2) is 42.7 Å². The minimum absolute atomic E-state index is 0.0993. The number of primary amides is 1. The van der Waals surface area contributed by atoms with E-state index in [0.717, 1.165) is 19.3 Å². The van der Waals surface area contributed by atoms with Crippen LogP contribution in [0.2, 0.25) is 0 Å². The maximum Gasteiger partial charge on any atom is 0.225 e. The Balaban J connectivity index is 1.53. The summed E-state index contributed by atoms with van der Waals surface area (Å²) >= 11 is 0. The molecule has 5 N–H and O–H groups in total. The third-order valence-electron chi connectivity index (χ3n) is 6.89. The van der Waals surface area contributed by atoms with Crippen molar-refractivity contribution in [3.05, 3.63) is 36.0 Å². The van der Waals surface area contributed by atoms with Crippen LogP contribution < -0.4 is 16.4 Å². The number of aliphatic hydroxyl groups is 1. The summed E-state index contributed by atoms with van der Waals surface area (Å²) in [7, 11) is 0. The molecule has 0 bridgehead atoms. The zero-order valence-electron chi connectivity index (χ0n) is 18.5. The Morgan fingerprint density at radius 2 is 1.82 bits per heavy atom. The number of nitrogens with zero attached hydrogens (tertiary/aromatic N) is 4. The van der Waals surface area contributed by atoms with Gasteiger partial charge in [0.2, 0.25) is 17.8 Å². The van der Waals surface area contributed by atoms with Crippen molar-refractivity contribution in [1.82, 2.24) is 19.5 Å². The fourth-order valence-electron chi connectivity index (χ4n) is 5.02. The lowest BCUT2D eigenvalue weighted by molar-refractivity contribution is -0.122. The van der Waals surface area contributed by atoms with Gasteiger partial charge in [-0.2, -0.15) is 4.98 Å². The third kappa shape index (κ3) is 4.27. The molecule has 34 heavy (non-hydrogen) atoms. The average molecular weight is 472 g/mol. The number of imidazole rings is 1. The standard InChI is InChI=1S/C23H27F2N7O2/c24-14-3-1-4-15(25)19(14)30-23-29-17-11-27-22(28-16-5-2-6-18(16)33)31-21(17)32(23)13-9-7-12(8-10-13)20(26)34/h1,3-4,11-13,16,18,33H,2,5-10H2,(H2,26,34)(H,29,30)(H,27,28,31)/t12?,13?,16-,18-/m0/s1. The number of halogens is 2. The van der Waals surface area contributed by atoms with Crippen LogP contribution in [-0.2, 0) is 4.79 Å². The molecule has 0 aliphatic heterocycles. The van der Waals surface area contributed by atoms with Crippen molar-refractivity contribution in [2.75, 3.05) is 10.6 Å². The fourth-order valence-corrected chi connectivity index (χ4v) is 5.02. The molecule has 2 aliphatic carbocycles. The first kappa shape index (κ1) is 22.5. The van der Waals surface area contributed by atoms with Crippen LogP contribution >= 0.6 is 0 Å². The molecule has 0 radical (unpaired) electrons. The zero-order valence-corrected chi connectivity index (χ0v) is 18.5. The van der Waals surface area contributed by atoms with Gasteiger partial charge >= 0.3 is 0 Å². The summed E-state index contributed by atoms with van der Waals surface area (Å²) in [6, 6.07) is 3.41. The van der Waals surface area contributed by atoms with Crippen molar-refractivity contribution >= 4 is 34.7 Å². The molecule has 0 unspecified atom stereocenters. The highest BCUT2D eigenvalue weighted by Crippen LogP contribution is 2.37. The van der Waals surface area contributed by atoms with Crippen LogP contribution in [0.15, 0.2) is 24.4 Å². The number of aromatic nitrogens is 4. The molecule has 3 aromatic rings. The van der Waals surface area contributed by atoms with Gasteiger partial charge < -0.3 is 21.5 Å². The van der Waals surface area contributed by atoms with Gasteiger partial charge in [0.05, 0.1) is 18.3 Å². The predicted molar refractivity (Wildman–Crippen MR) is 122 cm³/mol. The fraction of sp³-hybridized carbons (Fsp3) is 0.478. The van der Waals surface area contributed by atoms with E-state index in [-0.39, 0.29) is 35.5 Å². The van der Waals surface area contributed by atoms with Crippen molar-refractivity contribution in [2.24, 2.45) is 11.7 Å². The van der Waals surface area contributed by atoms with Crippen LogP contribution in [0, 0.1) is 17.6 Å². The molecule has 5 rings (SSSR count). The van der Waals surface area contributed by atoms with E-state index in [1.807, 2.05) is 4.57 Å². The lowest BCUT2D eigenvalue weighted by atomic mass is 9.85. The lowest BCUT2D eigenvalue weighted by Gasteiger charge is -2.29. The van der Waals surface area contributed by atoms with Gasteiger partial charge in [0.15, 0.2) is 5.65 Å². The highest BCUT2D eigenvalue weighted by Gasteiger charge is 2.30. The molecule has 11 heteroatoms. The zero-order chi connectivity index (χ0) is 23.8. The second-order valence-electron chi connectivity index (χ2n) is 9.09. The molecule has 2 fully saturated rings. The van der Waals surface area contributed by atoms with Crippen molar-refractivity contribution in [3.8, 4) is 0 Å². The van der Waals surface area contributed by atoms with Gasteiger partial charge in [-0.3, -0.25) is 9.36 Å². The molecule has 0 saturated heterocycles. The Labute approximate surface area is 194 Å². The summed E-state index contributed by atoms with van der Waals surface area (Å²) in [5, 5.41) is 16.2. The monoisotopic (exact) mass is 471 g/mol. The number of anilines is 3. The van der Waals surface area contributed by atoms with Crippen LogP contribution in [0.3, 0.4) is 0 Å². The number of carbonyl (C=O) groups excluding carboxylic acids is 1. The summed E-state index contributed by atoms with van der Waals surface area (Å²) in [4.78, 5) is 25.2. The van der Waals surface area contributed by atoms with Crippen molar-refractivity contribution in [2.45, 2.75) is 63.1 Å². The molecule has 1 amide bonds. The van der Waals surface area contributed by atoms with E-state index in [0.29, 0.717) is 42.8 Å². The number of rotatable bonds is 6. The van der Waals surface area contributed by atoms with E-state index >= 15 is 0 Å². The number of hydrogen-bond donors (Lipinski definition) is 4. The van der Waals surface area contributed by atoms with Crippen LogP contribution in [0.5, 0.6) is 0 Å². The Bertz CT molecular complexity index is 1190. The SMILES string of the molecule is NC(=O)C1CCC(n2c(Nc3c(F)cccc3F)nc3cnc(N[C@H]4CCC[C@@H]4O)nc32)CC1. The molecule has 2 aromatic heterocycles. The average Bonchev–Trinajstić information content (AvgIpc) is 3.39. The van der Waals surface area contributed by atoms with Gasteiger partial charge in [-0.15, -0.1) is 0 Å². The van der Waals surface area contributed by atoms with Crippen molar-refractivity contribution in [1.29, 1.82) is 0 Å². The number of amides is 1. The van der Waals surface area contributed by atoms with Crippen molar-refractivity contribution < 1.29 is 18.7 Å². The number of nitrogens with two attached hydrogens (primary N) is 1. The Morgan fingerprint density at radius 3 is 2.47 bits per heavy atom. The van der Waals surface area contributed by atoms with Crippen LogP contribution in [0.25, 0.3) is 11.2 Å². The molecule has 2 atom stereocenters. The topological polar surface area (TPSA) is 131 Å². The first-order valence-corrected chi connectivity index (χ1v) is 11.6. The van der Waals surface area contributed by atoms with E-state index in [1.165, 1.54) is 18.2 Å². The van der Waals surface area contributed by atoms with Crippen molar-refractivity contribution in [3.63, 3.8) is 0 Å². The van der Waals surface area contributed by atoms with E-state index in [1.54, 1.807) is 6.20 Å². The third-order valence-corrected chi connectivity index (χ3v) is 6.89. The number of hydrogen-bond acceptors (Lipinski definition) is 7. The van der Waals surface area contributed by atoms with Gasteiger partial charge in [0.1, 0.15) is 22.8 Å². The van der Waals surface area contributed by atoms with Gasteiger partial charge in [-0.1, -0.05) is 6.07 Å². The van der Waals surface area contributed by atoms with Crippen LogP contribution in [0.4, 0.5) is 26.4 Å². The molecular formula is C23H27F2N7O2. The number of benzene rings is 1. The summed E-state index contributed by atoms with van der Waals surface area (Å²) in [6.07, 6.45) is 6.06. The summed E-state index contributed by atoms with van der Waals surface area (Å²) in [5.41, 5.74) is 6.17. The predicted octanol–water partition coefficient (Wildman–Crippen LogP) is 3.39. The highest BCUT2D eigenvalue weighted by atomic mass is 19.1. The minimum Gasteiger partial charge on any atom is -0.391 e. The van der Waals surface area contributed by atoms with E-state index in [9.17, 15) is 18.7 Å². The largest absolute Gasteiger partial charge is 0.391 e. The summed E-state index contributed by atoms with van der Waals surface area (Å²) in [5.74, 6) is -1.38. The molecule has 0 spiro atoms. The highest BCUT2D eigenvalue weighted by molar-refractivity contribution is 5.78. The lowest BCUT2D eigenvalue weighted by Crippen LogP contribution is -2.29. The van der Waals surface area contributed by atoms with Crippen LogP contribution in [0.1, 0.15) is 51.0 Å². The molecular weight excluding hydrogens is 444 g/mol. The quantitative estimate of drug-likeness (QED) is 0.433. The smallest absolute Gasteiger partial charge is 0.225 e. The summed E-state index contributed by atoms with van der Waals surface area (Å²) in [6.45, 7) is 0. The molecule has 180 valence electrons. The normalized spacial score (nSPS) is 24.9. The second kappa shape index (κ2) is 9.13. The Morgan fingerprint density at radius 1 is 1.09 bits per heavy atom. The maximum atomic E-state index is 14.4. The number of nitrogens with one attached hydrogen (secondary N) is 2. The summed E-state index contributed by atoms with van der Waals surface area (Å²) < 4.78 is 30.6. The number of para-hydroxylation sites is 1. The van der Waals surface area contributed by atoms with E-state index < -0.39 is 17.7 Å². The Hall–Kier alpha value is -3.34. The van der Waals surface area contributed by atoms with E-state index in [2.05, 4.69) is 25.6 Å². The molecule has 1 aromatic carbocycles. The first-order valence-electron chi connectivity index (χ1n) is 11.6. The second-order valence-corrected chi connectivity index (χ2v) is 9.09. The Kier molecular flexibility index (Phi) is 6.03. The van der Waals surface area contributed by atoms with Gasteiger partial charge in [0.25, 0.3) is 0 Å². The molecule has 2 aliphatic rings. The van der Waals surface area contributed by atoms with Gasteiger partial charge in [-0.25, -0.2) is 18.7 Å². The van der Waals surface area contributed by atoms with Gasteiger partial charge in [-0.05, 0) is 57.1 Å². The molecule has 2 heterocycles. The maximum absolute atomic E-state index is 14.4. The number of fused-ring (bicyclic) bond motifs is 1. The number of carbonyl (C=O) groups is 1. The van der Waals surface area contributed by atoms with E-state index in [4.69, 9.17) is 5.73 Å². The molecule has 9 nitrogen and oxygen atoms in total. The first-order chi connectivity index (χ1) is 16.4.